The maximum atomic E-state index is 12.9. The highest BCUT2D eigenvalue weighted by molar-refractivity contribution is 8.00. The fourth-order valence-corrected chi connectivity index (χ4v) is 1.73. The summed E-state index contributed by atoms with van der Waals surface area (Å²) in [5, 5.41) is -0.0915. The number of rotatable bonds is 1. The van der Waals surface area contributed by atoms with Gasteiger partial charge in [0.1, 0.15) is 5.82 Å². The van der Waals surface area contributed by atoms with Crippen LogP contribution in [0.5, 0.6) is 0 Å². The maximum absolute atomic E-state index is 12.9. The molecule has 0 heterocycles. The van der Waals surface area contributed by atoms with Crippen LogP contribution in [0.4, 0.5) is 17.6 Å². The summed E-state index contributed by atoms with van der Waals surface area (Å²) in [6.07, 6.45) is 0. The summed E-state index contributed by atoms with van der Waals surface area (Å²) in [5.41, 5.74) is -4.23. The molecule has 0 fully saturated rings. The van der Waals surface area contributed by atoms with Crippen molar-refractivity contribution in [1.82, 2.24) is 0 Å². The van der Waals surface area contributed by atoms with E-state index in [1.807, 2.05) is 0 Å². The molecule has 0 saturated heterocycles. The summed E-state index contributed by atoms with van der Waals surface area (Å²) in [6, 6.07) is 1.96. The van der Waals surface area contributed by atoms with E-state index in [9.17, 15) is 17.6 Å². The minimum absolute atomic E-state index is 0.0915. The third kappa shape index (κ3) is 3.06. The van der Waals surface area contributed by atoms with E-state index >= 15 is 0 Å². The monoisotopic (exact) mass is 244 g/mol. The van der Waals surface area contributed by atoms with Crippen molar-refractivity contribution >= 4 is 23.4 Å². The third-order valence-electron chi connectivity index (χ3n) is 1.44. The second-order valence-corrected chi connectivity index (χ2v) is 4.09. The van der Waals surface area contributed by atoms with Crippen LogP contribution in [0.15, 0.2) is 17.0 Å². The van der Waals surface area contributed by atoms with Crippen LogP contribution >= 0.6 is 23.4 Å². The average molecular weight is 245 g/mol. The van der Waals surface area contributed by atoms with Crippen LogP contribution < -0.4 is 0 Å². The van der Waals surface area contributed by atoms with Crippen molar-refractivity contribution in [3.05, 3.63) is 28.5 Å². The molecule has 0 aliphatic carbocycles. The van der Waals surface area contributed by atoms with Crippen molar-refractivity contribution in [2.24, 2.45) is 0 Å². The fourth-order valence-electron chi connectivity index (χ4n) is 0.831. The third-order valence-corrected chi connectivity index (χ3v) is 2.65. The topological polar surface area (TPSA) is 0 Å². The van der Waals surface area contributed by atoms with Crippen molar-refractivity contribution < 1.29 is 17.6 Å². The highest BCUT2D eigenvalue weighted by Crippen LogP contribution is 2.40. The van der Waals surface area contributed by atoms with Crippen LogP contribution in [0.2, 0.25) is 5.02 Å². The van der Waals surface area contributed by atoms with E-state index in [-0.39, 0.29) is 15.5 Å². The lowest BCUT2D eigenvalue weighted by Crippen LogP contribution is -2.00. The van der Waals surface area contributed by atoms with E-state index in [2.05, 4.69) is 0 Å². The van der Waals surface area contributed by atoms with Gasteiger partial charge in [0.15, 0.2) is 0 Å². The van der Waals surface area contributed by atoms with Gasteiger partial charge in [-0.1, -0.05) is 11.6 Å². The molecule has 78 valence electrons. The Kier molecular flexibility index (Phi) is 3.32. The zero-order chi connectivity index (χ0) is 10.9. The largest absolute Gasteiger partial charge is 0.446 e. The van der Waals surface area contributed by atoms with E-state index in [0.717, 1.165) is 6.07 Å². The molecule has 6 heteroatoms. The standard InChI is InChI=1S/C8H5ClF4S/c1-4-2-5(9)7(3-6(4)10)14-8(11,12)13/h2-3H,1H3. The Labute approximate surface area is 87.2 Å². The lowest BCUT2D eigenvalue weighted by atomic mass is 10.2. The Hall–Kier alpha value is -0.420. The van der Waals surface area contributed by atoms with E-state index in [0.29, 0.717) is 0 Å². The molecule has 0 aliphatic heterocycles. The van der Waals surface area contributed by atoms with Crippen molar-refractivity contribution in [3.63, 3.8) is 0 Å². The Balaban J connectivity index is 3.04. The Morgan fingerprint density at radius 2 is 1.86 bits per heavy atom. The van der Waals surface area contributed by atoms with Gasteiger partial charge in [0.25, 0.3) is 0 Å². The van der Waals surface area contributed by atoms with Gasteiger partial charge in [0.05, 0.1) is 5.02 Å². The number of benzene rings is 1. The van der Waals surface area contributed by atoms with Crippen LogP contribution in [0.3, 0.4) is 0 Å². The first-order valence-corrected chi connectivity index (χ1v) is 4.70. The number of alkyl halides is 3. The molecule has 0 aliphatic rings. The van der Waals surface area contributed by atoms with Crippen molar-refractivity contribution in [3.8, 4) is 0 Å². The van der Waals surface area contributed by atoms with Gasteiger partial charge < -0.3 is 0 Å². The second-order valence-electron chi connectivity index (χ2n) is 2.58. The minimum Gasteiger partial charge on any atom is -0.207 e. The van der Waals surface area contributed by atoms with Gasteiger partial charge in [0, 0.05) is 4.90 Å². The number of thioether (sulfide) groups is 1. The Bertz CT molecular complexity index is 348. The summed E-state index contributed by atoms with van der Waals surface area (Å²) in [7, 11) is 0. The number of halogens is 5. The first-order valence-electron chi connectivity index (χ1n) is 3.51. The van der Waals surface area contributed by atoms with E-state index in [4.69, 9.17) is 11.6 Å². The quantitative estimate of drug-likeness (QED) is 0.521. The molecule has 0 radical (unpaired) electrons. The smallest absolute Gasteiger partial charge is 0.207 e. The molecule has 1 aromatic rings. The summed E-state index contributed by atoms with van der Waals surface area (Å²) < 4.78 is 48.7. The van der Waals surface area contributed by atoms with E-state index in [1.54, 1.807) is 0 Å². The number of hydrogen-bond donors (Lipinski definition) is 0. The molecule has 1 aromatic carbocycles. The van der Waals surface area contributed by atoms with Crippen LogP contribution in [-0.2, 0) is 0 Å². The Morgan fingerprint density at radius 3 is 2.36 bits per heavy atom. The summed E-state index contributed by atoms with van der Waals surface area (Å²) in [6.45, 7) is 1.43. The summed E-state index contributed by atoms with van der Waals surface area (Å²) in [5.74, 6) is -0.693. The zero-order valence-corrected chi connectivity index (χ0v) is 8.53. The molecule has 1 rings (SSSR count). The lowest BCUT2D eigenvalue weighted by molar-refractivity contribution is -0.0328. The molecule has 14 heavy (non-hydrogen) atoms. The molecule has 0 nitrogen and oxygen atoms in total. The Morgan fingerprint density at radius 1 is 1.29 bits per heavy atom. The molecular weight excluding hydrogens is 240 g/mol. The predicted octanol–water partition coefficient (Wildman–Crippen LogP) is 4.40. The molecule has 0 unspecified atom stereocenters. The SMILES string of the molecule is Cc1cc(Cl)c(SC(F)(F)F)cc1F. The van der Waals surface area contributed by atoms with E-state index in [1.165, 1.54) is 13.0 Å². The highest BCUT2D eigenvalue weighted by atomic mass is 35.5. The molecule has 0 bridgehead atoms. The molecule has 0 saturated carbocycles. The predicted molar refractivity (Wildman–Crippen MR) is 48.1 cm³/mol. The normalized spacial score (nSPS) is 11.9. The highest BCUT2D eigenvalue weighted by Gasteiger charge is 2.30. The average Bonchev–Trinajstić information content (AvgIpc) is 1.97. The van der Waals surface area contributed by atoms with Gasteiger partial charge >= 0.3 is 5.51 Å². The van der Waals surface area contributed by atoms with E-state index < -0.39 is 23.1 Å². The van der Waals surface area contributed by atoms with Gasteiger partial charge in [-0.2, -0.15) is 13.2 Å². The van der Waals surface area contributed by atoms with Gasteiger partial charge in [-0.25, -0.2) is 4.39 Å². The van der Waals surface area contributed by atoms with Gasteiger partial charge in [-0.05, 0) is 36.4 Å². The van der Waals surface area contributed by atoms with Crippen molar-refractivity contribution in [2.75, 3.05) is 0 Å². The summed E-state index contributed by atoms with van der Waals surface area (Å²) in [4.78, 5) is -0.317. The molecule has 0 N–H and O–H groups in total. The van der Waals surface area contributed by atoms with Gasteiger partial charge in [-0.3, -0.25) is 0 Å². The molecule has 0 amide bonds. The van der Waals surface area contributed by atoms with Gasteiger partial charge in [0.2, 0.25) is 0 Å². The minimum atomic E-state index is -4.45. The van der Waals surface area contributed by atoms with Gasteiger partial charge in [-0.15, -0.1) is 0 Å². The number of hydrogen-bond acceptors (Lipinski definition) is 1. The van der Waals surface area contributed by atoms with Crippen LogP contribution in [0, 0.1) is 12.7 Å². The maximum Gasteiger partial charge on any atom is 0.446 e. The molecular formula is C8H5ClF4S. The molecule has 0 atom stereocenters. The summed E-state index contributed by atoms with van der Waals surface area (Å²) >= 11 is 5.10. The van der Waals surface area contributed by atoms with Crippen molar-refractivity contribution in [1.29, 1.82) is 0 Å². The van der Waals surface area contributed by atoms with Crippen molar-refractivity contribution in [2.45, 2.75) is 17.3 Å². The van der Waals surface area contributed by atoms with Crippen LogP contribution in [-0.4, -0.2) is 5.51 Å². The fraction of sp³-hybridized carbons (Fsp3) is 0.250. The lowest BCUT2D eigenvalue weighted by Gasteiger charge is -2.08. The van der Waals surface area contributed by atoms with Crippen LogP contribution in [0.25, 0.3) is 0 Å². The zero-order valence-electron chi connectivity index (χ0n) is 6.95. The first kappa shape index (κ1) is 11.7. The molecule has 0 spiro atoms. The second kappa shape index (κ2) is 3.98. The molecule has 0 aromatic heterocycles. The van der Waals surface area contributed by atoms with Crippen LogP contribution in [0.1, 0.15) is 5.56 Å². The first-order chi connectivity index (χ1) is 6.29. The number of aryl methyl sites for hydroxylation is 1.